The Bertz CT molecular complexity index is 1320. The molecule has 12 heteroatoms. The molecule has 1 fully saturated rings. The number of aliphatic hydroxyl groups is 4. The van der Waals surface area contributed by atoms with Gasteiger partial charge in [0, 0.05) is 24.7 Å². The van der Waals surface area contributed by atoms with E-state index in [1.54, 1.807) is 12.2 Å². The van der Waals surface area contributed by atoms with Crippen LogP contribution in [0.3, 0.4) is 0 Å². The number of aliphatic hydroxyl groups excluding tert-OH is 4. The fraction of sp³-hybridized carbons (Fsp3) is 0.733. The van der Waals surface area contributed by atoms with Crippen LogP contribution in [-0.2, 0) is 38.1 Å². The summed E-state index contributed by atoms with van der Waals surface area (Å²) in [6, 6.07) is 0. The maximum absolute atomic E-state index is 12.8. The van der Waals surface area contributed by atoms with Crippen molar-refractivity contribution >= 4 is 23.5 Å². The van der Waals surface area contributed by atoms with Crippen LogP contribution in [0.1, 0.15) is 129 Å². The predicted molar refractivity (Wildman–Crippen MR) is 216 cm³/mol. The highest BCUT2D eigenvalue weighted by molar-refractivity contribution is 5.95. The lowest BCUT2D eigenvalue weighted by molar-refractivity contribution is -0.305. The molecule has 57 heavy (non-hydrogen) atoms. The van der Waals surface area contributed by atoms with Crippen LogP contribution in [-0.4, -0.2) is 101 Å². The second-order valence-electron chi connectivity index (χ2n) is 15.7. The average Bonchev–Trinajstić information content (AvgIpc) is 3.74. The van der Waals surface area contributed by atoms with Gasteiger partial charge in [-0.25, -0.2) is 0 Å². The van der Waals surface area contributed by atoms with Gasteiger partial charge in [0.15, 0.2) is 24.0 Å². The van der Waals surface area contributed by atoms with Gasteiger partial charge in [-0.1, -0.05) is 102 Å². The van der Waals surface area contributed by atoms with E-state index in [1.807, 2.05) is 12.2 Å². The number of rotatable bonds is 29. The topological polar surface area (TPSA) is 186 Å². The molecule has 2 aliphatic carbocycles. The first-order valence-corrected chi connectivity index (χ1v) is 21.6. The number of hydrogen-bond acceptors (Lipinski definition) is 12. The summed E-state index contributed by atoms with van der Waals surface area (Å²) < 4.78 is 22.1. The van der Waals surface area contributed by atoms with E-state index in [-0.39, 0.29) is 61.3 Å². The zero-order chi connectivity index (χ0) is 41.4. The molecule has 10 atom stereocenters. The van der Waals surface area contributed by atoms with Gasteiger partial charge in [-0.15, -0.1) is 0 Å². The van der Waals surface area contributed by atoms with Gasteiger partial charge in [0.05, 0.1) is 13.2 Å². The number of allylic oxidation sites excluding steroid dienone is 8. The zero-order valence-electron chi connectivity index (χ0n) is 34.3. The molecule has 322 valence electrons. The Hall–Kier alpha value is -3.00. The molecule has 0 bridgehead atoms. The van der Waals surface area contributed by atoms with Crippen molar-refractivity contribution in [2.24, 2.45) is 23.7 Å². The van der Waals surface area contributed by atoms with Gasteiger partial charge in [-0.3, -0.25) is 19.2 Å². The fourth-order valence-corrected chi connectivity index (χ4v) is 7.76. The molecule has 3 rings (SSSR count). The molecular weight excluding hydrogens is 732 g/mol. The Morgan fingerprint density at radius 3 is 1.72 bits per heavy atom. The van der Waals surface area contributed by atoms with Crippen molar-refractivity contribution in [3.8, 4) is 0 Å². The second-order valence-corrected chi connectivity index (χ2v) is 15.7. The van der Waals surface area contributed by atoms with Crippen LogP contribution in [0.2, 0.25) is 0 Å². The standard InChI is InChI=1S/C45H70O12/c1-3-5-13-21-35-32(25-27-37(35)47)19-15-9-7-11-17-23-40(49)54-30-34(31-55-45-44(53)43(52)42(51)39(29-46)57-45)56-41(50)24-18-12-8-10-16-20-33-26-28-38(48)36(33)22-14-6-4-2/h5-6,13-14,25-28,32-36,39,42-46,51-53H,3-4,7-12,15-24,29-31H2,1-2H3/b13-5-,14-6-/t32?,33?,34-,35?,36?,39-,42+,43+,44-,45-/m1/s1. The van der Waals surface area contributed by atoms with E-state index in [4.69, 9.17) is 18.9 Å². The molecule has 0 spiro atoms. The van der Waals surface area contributed by atoms with Gasteiger partial charge in [0.1, 0.15) is 31.0 Å². The Kier molecular flexibility index (Phi) is 23.5. The molecule has 3 aliphatic rings. The summed E-state index contributed by atoms with van der Waals surface area (Å²) in [5.74, 6) is 0.157. The van der Waals surface area contributed by atoms with Crippen molar-refractivity contribution < 1.29 is 58.6 Å². The highest BCUT2D eigenvalue weighted by atomic mass is 16.7. The van der Waals surface area contributed by atoms with Crippen molar-refractivity contribution in [2.75, 3.05) is 19.8 Å². The van der Waals surface area contributed by atoms with E-state index in [9.17, 15) is 39.6 Å². The lowest BCUT2D eigenvalue weighted by atomic mass is 9.87. The first kappa shape index (κ1) is 48.4. The van der Waals surface area contributed by atoms with E-state index < -0.39 is 55.4 Å². The predicted octanol–water partition coefficient (Wildman–Crippen LogP) is 6.17. The monoisotopic (exact) mass is 802 g/mol. The zero-order valence-corrected chi connectivity index (χ0v) is 34.3. The summed E-state index contributed by atoms with van der Waals surface area (Å²) in [6.45, 7) is 2.93. The third-order valence-corrected chi connectivity index (χ3v) is 11.2. The summed E-state index contributed by atoms with van der Waals surface area (Å²) in [6.07, 6.45) is 22.2. The van der Waals surface area contributed by atoms with E-state index in [0.29, 0.717) is 12.8 Å². The maximum atomic E-state index is 12.8. The summed E-state index contributed by atoms with van der Waals surface area (Å²) in [4.78, 5) is 50.0. The molecule has 12 nitrogen and oxygen atoms in total. The Labute approximate surface area is 339 Å². The minimum Gasteiger partial charge on any atom is -0.462 e. The van der Waals surface area contributed by atoms with Gasteiger partial charge >= 0.3 is 11.9 Å². The smallest absolute Gasteiger partial charge is 0.306 e. The average molecular weight is 803 g/mol. The van der Waals surface area contributed by atoms with Crippen molar-refractivity contribution in [2.45, 2.75) is 166 Å². The highest BCUT2D eigenvalue weighted by Gasteiger charge is 2.44. The van der Waals surface area contributed by atoms with E-state index in [0.717, 1.165) is 89.9 Å². The molecule has 4 unspecified atom stereocenters. The number of esters is 2. The Morgan fingerprint density at radius 2 is 1.19 bits per heavy atom. The SMILES string of the molecule is CC/C=C\CC1C(=O)C=CC1CCCCCCCC(=O)OC[C@H](CO[C@@H]1O[C@H](CO)[C@H](O)[C@H](O)[C@H]1O)OC(=O)CCCCCCCC1C=CC(=O)C1C/C=C\CC. The van der Waals surface area contributed by atoms with E-state index in [1.165, 1.54) is 0 Å². The number of carbonyl (C=O) groups is 4. The number of unbranched alkanes of at least 4 members (excludes halogenated alkanes) is 8. The summed E-state index contributed by atoms with van der Waals surface area (Å²) >= 11 is 0. The normalized spacial score (nSPS) is 27.9. The lowest BCUT2D eigenvalue weighted by Crippen LogP contribution is -2.59. The molecule has 0 amide bonds. The number of ether oxygens (including phenoxy) is 4. The molecule has 1 saturated heterocycles. The summed E-state index contributed by atoms with van der Waals surface area (Å²) in [7, 11) is 0. The molecule has 0 aromatic heterocycles. The van der Waals surface area contributed by atoms with Gasteiger partial charge in [-0.05, 0) is 75.4 Å². The van der Waals surface area contributed by atoms with Crippen LogP contribution >= 0.6 is 0 Å². The molecule has 4 N–H and O–H groups in total. The number of ketones is 2. The van der Waals surface area contributed by atoms with Crippen LogP contribution < -0.4 is 0 Å². The molecule has 0 aromatic carbocycles. The third-order valence-electron chi connectivity index (χ3n) is 11.2. The maximum Gasteiger partial charge on any atom is 0.306 e. The molecule has 0 aromatic rings. The van der Waals surface area contributed by atoms with Gasteiger partial charge in [-0.2, -0.15) is 0 Å². The number of hydrogen-bond donors (Lipinski definition) is 4. The molecule has 0 radical (unpaired) electrons. The largest absolute Gasteiger partial charge is 0.462 e. The summed E-state index contributed by atoms with van der Waals surface area (Å²) in [5.41, 5.74) is 0. The van der Waals surface area contributed by atoms with Gasteiger partial charge in [0.2, 0.25) is 0 Å². The van der Waals surface area contributed by atoms with Gasteiger partial charge < -0.3 is 39.4 Å². The quantitative estimate of drug-likeness (QED) is 0.0383. The van der Waals surface area contributed by atoms with Crippen LogP contribution in [0.4, 0.5) is 0 Å². The van der Waals surface area contributed by atoms with Crippen molar-refractivity contribution in [1.29, 1.82) is 0 Å². The number of carbonyl (C=O) groups excluding carboxylic acids is 4. The van der Waals surface area contributed by atoms with Crippen LogP contribution in [0.5, 0.6) is 0 Å². The van der Waals surface area contributed by atoms with Gasteiger partial charge in [0.25, 0.3) is 0 Å². The third kappa shape index (κ3) is 17.4. The Morgan fingerprint density at radius 1 is 0.684 bits per heavy atom. The molecule has 1 aliphatic heterocycles. The molecule has 0 saturated carbocycles. The van der Waals surface area contributed by atoms with E-state index in [2.05, 4.69) is 38.2 Å². The molecular formula is C45H70O12. The summed E-state index contributed by atoms with van der Waals surface area (Å²) in [5, 5.41) is 40.1. The van der Waals surface area contributed by atoms with Crippen LogP contribution in [0, 0.1) is 23.7 Å². The van der Waals surface area contributed by atoms with Crippen molar-refractivity contribution in [1.82, 2.24) is 0 Å². The van der Waals surface area contributed by atoms with Crippen LogP contribution in [0.25, 0.3) is 0 Å². The van der Waals surface area contributed by atoms with Crippen molar-refractivity contribution in [3.05, 3.63) is 48.6 Å². The Balaban J connectivity index is 1.36. The first-order chi connectivity index (χ1) is 27.6. The first-order valence-electron chi connectivity index (χ1n) is 21.6. The van der Waals surface area contributed by atoms with E-state index >= 15 is 0 Å². The van der Waals surface area contributed by atoms with Crippen molar-refractivity contribution in [3.63, 3.8) is 0 Å². The second kappa shape index (κ2) is 27.6. The highest BCUT2D eigenvalue weighted by Crippen LogP contribution is 2.32. The minimum absolute atomic E-state index is 0.0425. The lowest BCUT2D eigenvalue weighted by Gasteiger charge is -2.39. The fourth-order valence-electron chi connectivity index (χ4n) is 7.76. The van der Waals surface area contributed by atoms with Crippen LogP contribution in [0.15, 0.2) is 48.6 Å². The minimum atomic E-state index is -1.63. The molecule has 1 heterocycles.